The summed E-state index contributed by atoms with van der Waals surface area (Å²) in [5.41, 5.74) is 3.17. The Kier molecular flexibility index (Phi) is 13.0. The Bertz CT molecular complexity index is 2020. The van der Waals surface area contributed by atoms with Crippen molar-refractivity contribution in [2.45, 2.75) is 65.6 Å². The molecular formula is C43H52N6O9. The molecule has 0 N–H and O–H groups in total. The first-order chi connectivity index (χ1) is 27.7. The van der Waals surface area contributed by atoms with E-state index in [0.717, 1.165) is 48.6 Å². The number of carbonyl (C=O) groups is 6. The Morgan fingerprint density at radius 2 is 1.29 bits per heavy atom. The molecule has 58 heavy (non-hydrogen) atoms. The molecule has 308 valence electrons. The van der Waals surface area contributed by atoms with Crippen LogP contribution in [-0.4, -0.2) is 116 Å². The molecule has 3 aromatic carbocycles. The SMILES string of the molecule is CC(=O)N1CC(=O)N(CC=O)c2ccccc21.CC(=O)N1CC(=O)N(CCN2CCC(N(Cc3ccc4c(c3)OCCO4)C(=O)OC(C)(C)C)CC2)c2ccccc21. The monoisotopic (exact) mass is 796 g/mol. The molecule has 4 aliphatic heterocycles. The average molecular weight is 797 g/mol. The van der Waals surface area contributed by atoms with Crippen LogP contribution >= 0.6 is 0 Å². The second-order valence-electron chi connectivity index (χ2n) is 15.6. The second-order valence-corrected chi connectivity index (χ2v) is 15.6. The fourth-order valence-corrected chi connectivity index (χ4v) is 7.55. The summed E-state index contributed by atoms with van der Waals surface area (Å²) >= 11 is 0. The van der Waals surface area contributed by atoms with Crippen molar-refractivity contribution in [3.05, 3.63) is 72.3 Å². The summed E-state index contributed by atoms with van der Waals surface area (Å²) in [5.74, 6) is 0.777. The quantitative estimate of drug-likeness (QED) is 0.295. The molecule has 0 radical (unpaired) electrons. The van der Waals surface area contributed by atoms with Crippen LogP contribution in [-0.2, 0) is 35.3 Å². The highest BCUT2D eigenvalue weighted by Gasteiger charge is 2.34. The van der Waals surface area contributed by atoms with Gasteiger partial charge in [-0.25, -0.2) is 4.79 Å². The summed E-state index contributed by atoms with van der Waals surface area (Å²) in [6, 6.07) is 20.5. The van der Waals surface area contributed by atoms with Crippen molar-refractivity contribution in [3.63, 3.8) is 0 Å². The molecule has 0 unspecified atom stereocenters. The molecule has 15 nitrogen and oxygen atoms in total. The Balaban J connectivity index is 0.000000278. The lowest BCUT2D eigenvalue weighted by atomic mass is 10.0. The van der Waals surface area contributed by atoms with Gasteiger partial charge in [0, 0.05) is 52.6 Å². The zero-order chi connectivity index (χ0) is 41.6. The lowest BCUT2D eigenvalue weighted by Crippen LogP contribution is -2.52. The molecule has 0 atom stereocenters. The molecule has 4 aliphatic rings. The van der Waals surface area contributed by atoms with Gasteiger partial charge >= 0.3 is 6.09 Å². The second kappa shape index (κ2) is 18.1. The molecule has 1 fully saturated rings. The number of hydrogen-bond donors (Lipinski definition) is 0. The maximum atomic E-state index is 13.4. The molecule has 5 amide bonds. The minimum atomic E-state index is -0.599. The molecule has 0 bridgehead atoms. The van der Waals surface area contributed by atoms with Crippen molar-refractivity contribution >= 4 is 58.8 Å². The maximum absolute atomic E-state index is 13.4. The summed E-state index contributed by atoms with van der Waals surface area (Å²) in [7, 11) is 0. The van der Waals surface area contributed by atoms with E-state index >= 15 is 0 Å². The van der Waals surface area contributed by atoms with Crippen LogP contribution in [0.5, 0.6) is 11.5 Å². The number of rotatable bonds is 8. The number of para-hydroxylation sites is 4. The number of nitrogens with zero attached hydrogens (tertiary/aromatic N) is 6. The van der Waals surface area contributed by atoms with Crippen molar-refractivity contribution in [1.82, 2.24) is 9.80 Å². The Labute approximate surface area is 339 Å². The lowest BCUT2D eigenvalue weighted by molar-refractivity contribution is -0.122. The summed E-state index contributed by atoms with van der Waals surface area (Å²) in [4.78, 5) is 82.6. The highest BCUT2D eigenvalue weighted by molar-refractivity contribution is 6.12. The lowest BCUT2D eigenvalue weighted by Gasteiger charge is -2.40. The maximum Gasteiger partial charge on any atom is 0.410 e. The van der Waals surface area contributed by atoms with Crippen molar-refractivity contribution in [2.75, 3.05) is 78.6 Å². The van der Waals surface area contributed by atoms with Gasteiger partial charge in [0.1, 0.15) is 38.2 Å². The predicted molar refractivity (Wildman–Crippen MR) is 218 cm³/mol. The number of piperidine rings is 1. The first kappa shape index (κ1) is 41.7. The Hall–Kier alpha value is -5.96. The molecule has 0 spiro atoms. The highest BCUT2D eigenvalue weighted by atomic mass is 16.6. The Morgan fingerprint density at radius 1 is 0.759 bits per heavy atom. The molecule has 0 aliphatic carbocycles. The fraction of sp³-hybridized carbons (Fsp3) is 0.442. The van der Waals surface area contributed by atoms with Crippen LogP contribution in [0.3, 0.4) is 0 Å². The predicted octanol–water partition coefficient (Wildman–Crippen LogP) is 4.64. The summed E-state index contributed by atoms with van der Waals surface area (Å²) in [6.45, 7) is 12.9. The average Bonchev–Trinajstić information content (AvgIpc) is 3.20. The number of fused-ring (bicyclic) bond motifs is 3. The van der Waals surface area contributed by atoms with Crippen LogP contribution in [0.25, 0.3) is 0 Å². The number of benzene rings is 3. The summed E-state index contributed by atoms with van der Waals surface area (Å²) < 4.78 is 17.2. The first-order valence-electron chi connectivity index (χ1n) is 19.6. The van der Waals surface area contributed by atoms with Gasteiger partial charge in [0.15, 0.2) is 11.5 Å². The zero-order valence-electron chi connectivity index (χ0n) is 33.8. The molecule has 1 saturated heterocycles. The van der Waals surface area contributed by atoms with Crippen molar-refractivity contribution in [1.29, 1.82) is 0 Å². The molecular weight excluding hydrogens is 745 g/mol. The van der Waals surface area contributed by atoms with E-state index < -0.39 is 5.60 Å². The molecule has 3 aromatic rings. The van der Waals surface area contributed by atoms with E-state index in [0.29, 0.717) is 56.3 Å². The van der Waals surface area contributed by atoms with Crippen LogP contribution in [0, 0.1) is 0 Å². The normalized spacial score (nSPS) is 16.8. The number of carbonyl (C=O) groups excluding carboxylic acids is 6. The largest absolute Gasteiger partial charge is 0.486 e. The van der Waals surface area contributed by atoms with Gasteiger partial charge in [0.2, 0.25) is 23.6 Å². The standard InChI is InChI=1S/C31H40N4O6.C12H12N2O3/c1-22(36)34-21-29(37)33(25-7-5-6-8-26(25)34)16-15-32-13-11-24(12-14-32)35(30(38)41-31(2,3)4)20-23-9-10-27-28(19-23)40-18-17-39-27;1-9(16)14-8-12(17)13(6-7-15)10-4-2-3-5-11(10)14/h5-10,19,24H,11-18,20-21H2,1-4H3;2-5,7H,6,8H2,1H3. The van der Waals surface area contributed by atoms with Crippen molar-refractivity contribution in [2.24, 2.45) is 0 Å². The topological polar surface area (TPSA) is 150 Å². The van der Waals surface area contributed by atoms with Gasteiger partial charge in [0.05, 0.1) is 29.3 Å². The molecule has 0 aromatic heterocycles. The number of likely N-dealkylation sites (tertiary alicyclic amines) is 1. The smallest absolute Gasteiger partial charge is 0.410 e. The number of hydrogen-bond acceptors (Lipinski definition) is 10. The van der Waals surface area contributed by atoms with Gasteiger partial charge < -0.3 is 48.4 Å². The van der Waals surface area contributed by atoms with Gasteiger partial charge in [-0.15, -0.1) is 0 Å². The van der Waals surface area contributed by atoms with Gasteiger partial charge in [0.25, 0.3) is 0 Å². The van der Waals surface area contributed by atoms with Crippen LogP contribution in [0.4, 0.5) is 27.5 Å². The fourth-order valence-electron chi connectivity index (χ4n) is 7.55. The molecule has 4 heterocycles. The third kappa shape index (κ3) is 9.76. The summed E-state index contributed by atoms with van der Waals surface area (Å²) in [5, 5.41) is 0. The first-order valence-corrected chi connectivity index (χ1v) is 19.6. The molecule has 0 saturated carbocycles. The summed E-state index contributed by atoms with van der Waals surface area (Å²) in [6.07, 6.45) is 1.95. The van der Waals surface area contributed by atoms with E-state index in [1.165, 1.54) is 28.5 Å². The number of aldehydes is 1. The third-order valence-corrected chi connectivity index (χ3v) is 10.4. The van der Waals surface area contributed by atoms with E-state index in [4.69, 9.17) is 14.2 Å². The highest BCUT2D eigenvalue weighted by Crippen LogP contribution is 2.35. The van der Waals surface area contributed by atoms with Crippen molar-refractivity contribution < 1.29 is 43.0 Å². The van der Waals surface area contributed by atoms with E-state index in [1.54, 1.807) is 29.2 Å². The van der Waals surface area contributed by atoms with Gasteiger partial charge in [-0.1, -0.05) is 30.3 Å². The van der Waals surface area contributed by atoms with E-state index in [9.17, 15) is 28.8 Å². The van der Waals surface area contributed by atoms with E-state index in [2.05, 4.69) is 4.90 Å². The number of amides is 5. The number of ether oxygens (including phenoxy) is 3. The van der Waals surface area contributed by atoms with Gasteiger partial charge in [-0.3, -0.25) is 19.2 Å². The minimum Gasteiger partial charge on any atom is -0.486 e. The van der Waals surface area contributed by atoms with Crippen molar-refractivity contribution in [3.8, 4) is 11.5 Å². The van der Waals surface area contributed by atoms with Gasteiger partial charge in [-0.05, 0) is 75.6 Å². The minimum absolute atomic E-state index is 0.0137. The van der Waals surface area contributed by atoms with E-state index in [-0.39, 0.29) is 55.4 Å². The van der Waals surface area contributed by atoms with E-state index in [1.807, 2.05) is 68.1 Å². The van der Waals surface area contributed by atoms with Crippen LogP contribution < -0.4 is 29.1 Å². The number of anilines is 4. The molecule has 15 heteroatoms. The van der Waals surface area contributed by atoms with Gasteiger partial charge in [-0.2, -0.15) is 0 Å². The van der Waals surface area contributed by atoms with Crippen LogP contribution in [0.1, 0.15) is 53.0 Å². The zero-order valence-corrected chi connectivity index (χ0v) is 33.8. The Morgan fingerprint density at radius 3 is 1.84 bits per heavy atom. The van der Waals surface area contributed by atoms with Crippen LogP contribution in [0.15, 0.2) is 66.7 Å². The third-order valence-electron chi connectivity index (χ3n) is 10.4. The van der Waals surface area contributed by atoms with Crippen LogP contribution in [0.2, 0.25) is 0 Å². The molecule has 7 rings (SSSR count).